The molecule has 0 fully saturated rings. The van der Waals surface area contributed by atoms with Crippen molar-refractivity contribution in [2.75, 3.05) is 10.6 Å². The van der Waals surface area contributed by atoms with Crippen LogP contribution in [0.5, 0.6) is 0 Å². The normalized spacial score (nSPS) is 9.66. The molecule has 0 bridgehead atoms. The van der Waals surface area contributed by atoms with E-state index in [1.54, 1.807) is 72.8 Å². The third kappa shape index (κ3) is 10.9. The van der Waals surface area contributed by atoms with Gasteiger partial charge in [0.25, 0.3) is 11.8 Å². The minimum atomic E-state index is -1.14. The van der Waals surface area contributed by atoms with Gasteiger partial charge in [-0.3, -0.25) is 9.59 Å². The number of carbonyl (C=O) groups is 4. The van der Waals surface area contributed by atoms with Gasteiger partial charge >= 0.3 is 43.0 Å². The molecule has 0 atom stereocenters. The van der Waals surface area contributed by atoms with Crippen LogP contribution in [0.2, 0.25) is 19.9 Å². The Morgan fingerprint density at radius 3 is 1.17 bits per heavy atom. The topological polar surface area (TPSA) is 133 Å². The molecule has 0 aliphatic heterocycles. The molecule has 4 aromatic rings. The number of rotatable bonds is 6. The molecule has 2 radical (unpaired) electrons. The second-order valence-corrected chi connectivity index (χ2v) is 11.9. The van der Waals surface area contributed by atoms with Crippen LogP contribution in [-0.2, 0) is 0 Å². The molecule has 0 unspecified atom stereocenters. The molecule has 4 rings (SSSR count). The van der Waals surface area contributed by atoms with Crippen LogP contribution in [0, 0.1) is 0 Å². The second kappa shape index (κ2) is 17.1. The summed E-state index contributed by atoms with van der Waals surface area (Å²) in [5.74, 6) is -3.26. The Bertz CT molecular complexity index is 1420. The van der Waals surface area contributed by atoms with Gasteiger partial charge in [-0.1, -0.05) is 59.6 Å². The second-order valence-electron chi connectivity index (χ2n) is 8.13. The molecule has 0 aromatic heterocycles. The van der Waals surface area contributed by atoms with E-state index in [0.29, 0.717) is 21.4 Å². The number of hydrogen-bond donors (Lipinski definition) is 4. The van der Waals surface area contributed by atoms with Crippen LogP contribution in [0.25, 0.3) is 0 Å². The number of anilines is 2. The molecule has 11 heteroatoms. The Kier molecular flexibility index (Phi) is 13.9. The van der Waals surface area contributed by atoms with Crippen LogP contribution < -0.4 is 10.6 Å². The van der Waals surface area contributed by atoms with Crippen molar-refractivity contribution in [2.24, 2.45) is 0 Å². The Morgan fingerprint density at radius 1 is 0.561 bits per heavy atom. The predicted octanol–water partition coefficient (Wildman–Crippen LogP) is 7.37. The number of carbonyl (C=O) groups excluding carboxylic acids is 2. The molecule has 210 valence electrons. The Labute approximate surface area is 257 Å². The summed E-state index contributed by atoms with van der Waals surface area (Å²) in [6, 6.07) is 25.3. The van der Waals surface area contributed by atoms with E-state index in [4.69, 9.17) is 33.4 Å². The van der Waals surface area contributed by atoms with E-state index in [0.717, 1.165) is 0 Å². The summed E-state index contributed by atoms with van der Waals surface area (Å²) >= 11 is 11.9. The van der Waals surface area contributed by atoms with Crippen LogP contribution >= 0.6 is 23.2 Å². The maximum atomic E-state index is 12.0. The fraction of sp³-hybridized carbons (Fsp3) is 0.0667. The van der Waals surface area contributed by atoms with Crippen LogP contribution in [-0.4, -0.2) is 55.1 Å². The summed E-state index contributed by atoms with van der Waals surface area (Å²) in [5.41, 5.74) is 1.16. The van der Waals surface area contributed by atoms with Gasteiger partial charge in [0.2, 0.25) is 0 Å². The summed E-state index contributed by atoms with van der Waals surface area (Å²) in [7, 11) is 0. The average molecular weight is 700 g/mol. The van der Waals surface area contributed by atoms with E-state index in [9.17, 15) is 19.2 Å². The van der Waals surface area contributed by atoms with E-state index in [2.05, 4.69) is 20.5 Å². The van der Waals surface area contributed by atoms with E-state index in [-0.39, 0.29) is 43.4 Å². The summed E-state index contributed by atoms with van der Waals surface area (Å²) in [6.45, 7) is 0. The van der Waals surface area contributed by atoms with E-state index >= 15 is 0 Å². The molecular formula is C30H26Cl2N2O6Sn. The number of carboxylic acid groups (broad SMARTS) is 2. The van der Waals surface area contributed by atoms with Crippen molar-refractivity contribution >= 4 is 79.5 Å². The van der Waals surface area contributed by atoms with Crippen LogP contribution in [0.15, 0.2) is 97.1 Å². The third-order valence-electron chi connectivity index (χ3n) is 4.97. The zero-order valence-corrected chi connectivity index (χ0v) is 26.4. The Balaban J connectivity index is 0.000000262. The van der Waals surface area contributed by atoms with Gasteiger partial charge in [0.1, 0.15) is 0 Å². The predicted molar refractivity (Wildman–Crippen MR) is 163 cm³/mol. The first kappa shape index (κ1) is 33.3. The number of nitrogens with one attached hydrogen (secondary N) is 2. The summed E-state index contributed by atoms with van der Waals surface area (Å²) in [4.78, 5) is 50.7. The first-order chi connectivity index (χ1) is 19.6. The van der Waals surface area contributed by atoms with Crippen LogP contribution in [0.4, 0.5) is 11.4 Å². The van der Waals surface area contributed by atoms with Gasteiger partial charge in [-0.2, -0.15) is 0 Å². The van der Waals surface area contributed by atoms with Crippen molar-refractivity contribution in [1.29, 1.82) is 0 Å². The van der Waals surface area contributed by atoms with Crippen molar-refractivity contribution in [3.8, 4) is 0 Å². The molecule has 2 amide bonds. The zero-order valence-electron chi connectivity index (χ0n) is 22.0. The first-order valence-corrected chi connectivity index (χ1v) is 18.4. The van der Waals surface area contributed by atoms with E-state index in [1.807, 2.05) is 0 Å². The summed E-state index contributed by atoms with van der Waals surface area (Å²) in [6.07, 6.45) is 0. The quantitative estimate of drug-likeness (QED) is 0.155. The summed E-state index contributed by atoms with van der Waals surface area (Å²) < 4.78 is 0. The number of benzene rings is 4. The zero-order chi connectivity index (χ0) is 30.4. The number of amides is 2. The maximum absolute atomic E-state index is 12.0. The first-order valence-electron chi connectivity index (χ1n) is 11.9. The molecule has 0 heterocycles. The monoisotopic (exact) mass is 700 g/mol. The molecule has 0 aliphatic carbocycles. The molecule has 0 aliphatic rings. The van der Waals surface area contributed by atoms with Crippen molar-refractivity contribution < 1.29 is 29.4 Å². The van der Waals surface area contributed by atoms with Gasteiger partial charge in [0.15, 0.2) is 0 Å². The van der Waals surface area contributed by atoms with Gasteiger partial charge in [0.05, 0.1) is 22.3 Å². The number of carboxylic acids is 2. The SMILES string of the molecule is O=C(O)c1ccccc1C(=O)Nc1cccc(Cl)c1.O=C(O)c1ccccc1C(=O)Nc1cccc(Cl)c1.[CH3][Sn][CH3]. The van der Waals surface area contributed by atoms with Crippen molar-refractivity contribution in [3.63, 3.8) is 0 Å². The molecule has 0 spiro atoms. The van der Waals surface area contributed by atoms with Gasteiger partial charge < -0.3 is 20.8 Å². The van der Waals surface area contributed by atoms with Gasteiger partial charge in [-0.05, 0) is 60.7 Å². The van der Waals surface area contributed by atoms with Gasteiger partial charge in [-0.25, -0.2) is 9.59 Å². The van der Waals surface area contributed by atoms with E-state index < -0.39 is 23.8 Å². The fourth-order valence-corrected chi connectivity index (χ4v) is 3.65. The van der Waals surface area contributed by atoms with Gasteiger partial charge in [0, 0.05) is 21.4 Å². The Morgan fingerprint density at radius 2 is 0.878 bits per heavy atom. The molecule has 0 saturated heterocycles. The van der Waals surface area contributed by atoms with Crippen molar-refractivity contribution in [1.82, 2.24) is 0 Å². The average Bonchev–Trinajstić information content (AvgIpc) is 2.94. The summed E-state index contributed by atoms with van der Waals surface area (Å²) in [5, 5.41) is 24.2. The fourth-order valence-electron chi connectivity index (χ4n) is 3.26. The Hall–Kier alpha value is -3.86. The standard InChI is InChI=1S/2C14H10ClNO3.2CH3.Sn/c2*15-9-4-3-5-10(8-9)16-13(17)11-6-1-2-7-12(11)14(18)19;;;/h2*1-8H,(H,16,17)(H,18,19);2*1H3;. The molecule has 4 N–H and O–H groups in total. The molecule has 8 nitrogen and oxygen atoms in total. The van der Waals surface area contributed by atoms with Gasteiger partial charge in [-0.15, -0.1) is 0 Å². The number of hydrogen-bond acceptors (Lipinski definition) is 4. The number of aromatic carboxylic acids is 2. The minimum absolute atomic E-state index is 0.0398. The van der Waals surface area contributed by atoms with Crippen molar-refractivity contribution in [2.45, 2.75) is 9.88 Å². The molecular weight excluding hydrogens is 674 g/mol. The third-order valence-corrected chi connectivity index (χ3v) is 5.44. The number of halogens is 2. The molecule has 0 saturated carbocycles. The van der Waals surface area contributed by atoms with Crippen molar-refractivity contribution in [3.05, 3.63) is 129 Å². The van der Waals surface area contributed by atoms with E-state index in [1.165, 1.54) is 24.3 Å². The van der Waals surface area contributed by atoms with Crippen LogP contribution in [0.3, 0.4) is 0 Å². The van der Waals surface area contributed by atoms with Crippen LogP contribution in [0.1, 0.15) is 41.4 Å². The molecule has 4 aromatic carbocycles. The molecule has 41 heavy (non-hydrogen) atoms.